The van der Waals surface area contributed by atoms with Crippen LogP contribution in [0.4, 0.5) is 0 Å². The summed E-state index contributed by atoms with van der Waals surface area (Å²) in [6.45, 7) is 3.70. The minimum Gasteiger partial charge on any atom is -0.380 e. The van der Waals surface area contributed by atoms with Crippen LogP contribution in [0.3, 0.4) is 0 Å². The van der Waals surface area contributed by atoms with Gasteiger partial charge in [-0.25, -0.2) is 0 Å². The lowest BCUT2D eigenvalue weighted by Gasteiger charge is -2.22. The van der Waals surface area contributed by atoms with Crippen LogP contribution in [0.15, 0.2) is 6.20 Å². The first kappa shape index (κ1) is 10.3. The van der Waals surface area contributed by atoms with Crippen molar-refractivity contribution >= 4 is 0 Å². The van der Waals surface area contributed by atoms with E-state index in [4.69, 9.17) is 4.74 Å². The lowest BCUT2D eigenvalue weighted by atomic mass is 9.97. The molecule has 1 aromatic heterocycles. The molecule has 1 aliphatic heterocycles. The maximum atomic E-state index is 5.79. The monoisotopic (exact) mass is 221 g/mol. The molecule has 1 N–H and O–H groups in total. The van der Waals surface area contributed by atoms with E-state index in [1.54, 1.807) is 0 Å². The summed E-state index contributed by atoms with van der Waals surface area (Å²) in [5, 5.41) is 7.86. The molecule has 88 valence electrons. The van der Waals surface area contributed by atoms with E-state index >= 15 is 0 Å². The Hall–Kier alpha value is -0.870. The van der Waals surface area contributed by atoms with Crippen molar-refractivity contribution in [2.75, 3.05) is 19.8 Å². The molecule has 0 bridgehead atoms. The molecular formula is C12H19N3O. The summed E-state index contributed by atoms with van der Waals surface area (Å²) in [7, 11) is 1.99. The Morgan fingerprint density at radius 3 is 3.19 bits per heavy atom. The molecule has 4 nitrogen and oxygen atoms in total. The maximum Gasteiger partial charge on any atom is 0.0798 e. The molecule has 0 saturated heterocycles. The van der Waals surface area contributed by atoms with Crippen LogP contribution in [0.2, 0.25) is 0 Å². The van der Waals surface area contributed by atoms with Crippen LogP contribution in [0, 0.1) is 5.92 Å². The highest BCUT2D eigenvalue weighted by Gasteiger charge is 2.25. The van der Waals surface area contributed by atoms with Crippen LogP contribution in [-0.4, -0.2) is 29.5 Å². The zero-order valence-corrected chi connectivity index (χ0v) is 9.78. The molecule has 0 unspecified atom stereocenters. The Bertz CT molecular complexity index is 370. The lowest BCUT2D eigenvalue weighted by molar-refractivity contribution is 0.108. The van der Waals surface area contributed by atoms with Gasteiger partial charge >= 0.3 is 0 Å². The molecule has 0 spiro atoms. The number of hydrogen-bond donors (Lipinski definition) is 1. The molecule has 1 atom stereocenters. The van der Waals surface area contributed by atoms with Crippen LogP contribution in [0.25, 0.3) is 0 Å². The third kappa shape index (κ3) is 2.13. The van der Waals surface area contributed by atoms with E-state index < -0.39 is 0 Å². The number of nitrogens with zero attached hydrogens (tertiary/aromatic N) is 2. The molecule has 16 heavy (non-hydrogen) atoms. The van der Waals surface area contributed by atoms with E-state index in [2.05, 4.69) is 16.6 Å². The van der Waals surface area contributed by atoms with Crippen LogP contribution < -0.4 is 5.32 Å². The SMILES string of the molecule is Cn1cc2c(n1)CNC[C@H]2COCC1CC1. The zero-order chi connectivity index (χ0) is 11.0. The number of aromatic nitrogens is 2. The highest BCUT2D eigenvalue weighted by molar-refractivity contribution is 5.25. The summed E-state index contributed by atoms with van der Waals surface area (Å²) in [5.41, 5.74) is 2.56. The summed E-state index contributed by atoms with van der Waals surface area (Å²) in [4.78, 5) is 0. The van der Waals surface area contributed by atoms with Gasteiger partial charge in [0.2, 0.25) is 0 Å². The van der Waals surface area contributed by atoms with E-state index in [9.17, 15) is 0 Å². The van der Waals surface area contributed by atoms with Crippen molar-refractivity contribution < 1.29 is 4.74 Å². The van der Waals surface area contributed by atoms with Crippen molar-refractivity contribution in [3.05, 3.63) is 17.5 Å². The Balaban J connectivity index is 1.61. The van der Waals surface area contributed by atoms with Gasteiger partial charge in [-0.15, -0.1) is 0 Å². The Morgan fingerprint density at radius 1 is 1.50 bits per heavy atom. The third-order valence-corrected chi connectivity index (χ3v) is 3.43. The second-order valence-electron chi connectivity index (χ2n) is 5.01. The molecule has 2 aliphatic rings. The van der Waals surface area contributed by atoms with Crippen molar-refractivity contribution in [3.63, 3.8) is 0 Å². The zero-order valence-electron chi connectivity index (χ0n) is 9.78. The van der Waals surface area contributed by atoms with Gasteiger partial charge in [0.15, 0.2) is 0 Å². The second-order valence-corrected chi connectivity index (χ2v) is 5.01. The molecule has 2 heterocycles. The fourth-order valence-corrected chi connectivity index (χ4v) is 2.32. The summed E-state index contributed by atoms with van der Waals surface area (Å²) < 4.78 is 7.69. The summed E-state index contributed by atoms with van der Waals surface area (Å²) in [6, 6.07) is 0. The molecular weight excluding hydrogens is 202 g/mol. The molecule has 1 aliphatic carbocycles. The average Bonchev–Trinajstić information content (AvgIpc) is 2.99. The van der Waals surface area contributed by atoms with Gasteiger partial charge < -0.3 is 10.1 Å². The fourth-order valence-electron chi connectivity index (χ4n) is 2.32. The Morgan fingerprint density at radius 2 is 2.38 bits per heavy atom. The molecule has 1 saturated carbocycles. The van der Waals surface area contributed by atoms with Crippen LogP contribution in [0.1, 0.15) is 30.0 Å². The quantitative estimate of drug-likeness (QED) is 0.825. The Kier molecular flexibility index (Phi) is 2.69. The molecule has 0 aromatic carbocycles. The van der Waals surface area contributed by atoms with Crippen molar-refractivity contribution in [2.24, 2.45) is 13.0 Å². The molecule has 1 aromatic rings. The van der Waals surface area contributed by atoms with Crippen LogP contribution in [0.5, 0.6) is 0 Å². The summed E-state index contributed by atoms with van der Waals surface area (Å²) >= 11 is 0. The number of aryl methyl sites for hydroxylation is 1. The largest absolute Gasteiger partial charge is 0.380 e. The number of hydrogen-bond acceptors (Lipinski definition) is 3. The normalized spacial score (nSPS) is 24.4. The number of fused-ring (bicyclic) bond motifs is 1. The van der Waals surface area contributed by atoms with Crippen molar-refractivity contribution in [1.29, 1.82) is 0 Å². The van der Waals surface area contributed by atoms with Gasteiger partial charge in [-0.05, 0) is 18.8 Å². The predicted molar refractivity (Wildman–Crippen MR) is 61.2 cm³/mol. The first-order valence-electron chi connectivity index (χ1n) is 6.14. The first-order chi connectivity index (χ1) is 7.83. The standard InChI is InChI=1S/C12H19N3O/c1-15-6-11-10(4-13-5-12(11)14-15)8-16-7-9-2-3-9/h6,9-10,13H,2-5,7-8H2,1H3/t10-/m0/s1. The van der Waals surface area contributed by atoms with E-state index in [0.717, 1.165) is 32.2 Å². The van der Waals surface area contributed by atoms with Gasteiger partial charge in [0.25, 0.3) is 0 Å². The molecule has 0 radical (unpaired) electrons. The van der Waals surface area contributed by atoms with Gasteiger partial charge in [-0.2, -0.15) is 5.10 Å². The number of nitrogens with one attached hydrogen (secondary N) is 1. The highest BCUT2D eigenvalue weighted by Crippen LogP contribution is 2.30. The third-order valence-electron chi connectivity index (χ3n) is 3.43. The highest BCUT2D eigenvalue weighted by atomic mass is 16.5. The van der Waals surface area contributed by atoms with Crippen LogP contribution >= 0.6 is 0 Å². The van der Waals surface area contributed by atoms with E-state index in [1.165, 1.54) is 24.1 Å². The molecule has 3 rings (SSSR count). The number of rotatable bonds is 4. The minimum atomic E-state index is 0.483. The summed E-state index contributed by atoms with van der Waals surface area (Å²) in [5.74, 6) is 1.33. The fraction of sp³-hybridized carbons (Fsp3) is 0.750. The van der Waals surface area contributed by atoms with Gasteiger partial charge in [0.1, 0.15) is 0 Å². The number of ether oxygens (including phenoxy) is 1. The first-order valence-corrected chi connectivity index (χ1v) is 6.14. The molecule has 4 heteroatoms. The second kappa shape index (κ2) is 4.18. The van der Waals surface area contributed by atoms with E-state index in [0.29, 0.717) is 5.92 Å². The molecule has 1 fully saturated rings. The van der Waals surface area contributed by atoms with Crippen molar-refractivity contribution in [1.82, 2.24) is 15.1 Å². The van der Waals surface area contributed by atoms with E-state index in [-0.39, 0.29) is 0 Å². The smallest absolute Gasteiger partial charge is 0.0798 e. The molecule has 0 amide bonds. The van der Waals surface area contributed by atoms with Gasteiger partial charge in [-0.1, -0.05) is 0 Å². The Labute approximate surface area is 96.0 Å². The average molecular weight is 221 g/mol. The predicted octanol–water partition coefficient (Wildman–Crippen LogP) is 1.03. The minimum absolute atomic E-state index is 0.483. The van der Waals surface area contributed by atoms with Crippen LogP contribution in [-0.2, 0) is 18.3 Å². The lowest BCUT2D eigenvalue weighted by Crippen LogP contribution is -2.30. The van der Waals surface area contributed by atoms with Gasteiger partial charge in [0.05, 0.1) is 12.3 Å². The van der Waals surface area contributed by atoms with E-state index in [1.807, 2.05) is 11.7 Å². The van der Waals surface area contributed by atoms with Gasteiger partial charge in [-0.3, -0.25) is 4.68 Å². The maximum absolute atomic E-state index is 5.79. The van der Waals surface area contributed by atoms with Crippen molar-refractivity contribution in [2.45, 2.75) is 25.3 Å². The van der Waals surface area contributed by atoms with Gasteiger partial charge in [0, 0.05) is 44.4 Å². The topological polar surface area (TPSA) is 39.1 Å². The summed E-state index contributed by atoms with van der Waals surface area (Å²) in [6.07, 6.45) is 4.86. The van der Waals surface area contributed by atoms with Crippen molar-refractivity contribution in [3.8, 4) is 0 Å².